The molecule has 3 aromatic rings. The lowest BCUT2D eigenvalue weighted by atomic mass is 10.2. The number of fused-ring (bicyclic) bond motifs is 3. The first-order valence-corrected chi connectivity index (χ1v) is 9.28. The van der Waals surface area contributed by atoms with Crippen LogP contribution in [0.25, 0.3) is 10.2 Å². The van der Waals surface area contributed by atoms with Gasteiger partial charge in [0.2, 0.25) is 0 Å². The van der Waals surface area contributed by atoms with Gasteiger partial charge in [0.05, 0.1) is 6.61 Å². The summed E-state index contributed by atoms with van der Waals surface area (Å²) in [5.74, 6) is 1.82. The third-order valence-corrected chi connectivity index (χ3v) is 5.95. The molecule has 3 nitrogen and oxygen atoms in total. The van der Waals surface area contributed by atoms with Crippen molar-refractivity contribution in [3.8, 4) is 5.75 Å². The third-order valence-electron chi connectivity index (χ3n) is 3.80. The molecule has 0 fully saturated rings. The third kappa shape index (κ3) is 2.71. The first-order valence-electron chi connectivity index (χ1n) is 7.48. The van der Waals surface area contributed by atoms with Crippen LogP contribution in [0.4, 0.5) is 0 Å². The molecule has 0 atom stereocenters. The number of rotatable bonds is 5. The van der Waals surface area contributed by atoms with Crippen molar-refractivity contribution in [3.63, 3.8) is 0 Å². The zero-order valence-electron chi connectivity index (χ0n) is 12.1. The number of nitrogens with zero attached hydrogens (tertiary/aromatic N) is 2. The smallest absolute Gasteiger partial charge is 0.128 e. The van der Waals surface area contributed by atoms with Gasteiger partial charge in [-0.05, 0) is 37.0 Å². The molecular weight excluding hydrogens is 312 g/mol. The van der Waals surface area contributed by atoms with Crippen LogP contribution in [-0.2, 0) is 12.8 Å². The monoisotopic (exact) mass is 328 g/mol. The van der Waals surface area contributed by atoms with E-state index in [4.69, 9.17) is 4.74 Å². The van der Waals surface area contributed by atoms with Gasteiger partial charge in [0.25, 0.3) is 0 Å². The SMILES string of the molecule is c1ccc(OCCSc2ncnc3sc4c(c23)CCC4)cc1. The Bertz CT molecular complexity index is 786. The molecule has 5 heteroatoms. The van der Waals surface area contributed by atoms with Crippen molar-refractivity contribution in [2.75, 3.05) is 12.4 Å². The zero-order chi connectivity index (χ0) is 14.8. The van der Waals surface area contributed by atoms with Crippen LogP contribution < -0.4 is 4.74 Å². The van der Waals surface area contributed by atoms with Gasteiger partial charge in [0.15, 0.2) is 0 Å². The number of para-hydroxylation sites is 1. The van der Waals surface area contributed by atoms with Crippen LogP contribution in [0.15, 0.2) is 41.7 Å². The van der Waals surface area contributed by atoms with Gasteiger partial charge in [-0.1, -0.05) is 18.2 Å². The Morgan fingerprint density at radius 3 is 2.95 bits per heavy atom. The molecule has 4 rings (SSSR count). The highest BCUT2D eigenvalue weighted by molar-refractivity contribution is 7.99. The normalized spacial score (nSPS) is 13.5. The summed E-state index contributed by atoms with van der Waals surface area (Å²) in [7, 11) is 0. The van der Waals surface area contributed by atoms with E-state index in [0.717, 1.165) is 21.4 Å². The van der Waals surface area contributed by atoms with Crippen LogP contribution in [0.3, 0.4) is 0 Å². The average molecular weight is 328 g/mol. The van der Waals surface area contributed by atoms with Crippen molar-refractivity contribution in [1.29, 1.82) is 0 Å². The van der Waals surface area contributed by atoms with Crippen molar-refractivity contribution in [2.45, 2.75) is 24.3 Å². The highest BCUT2D eigenvalue weighted by Crippen LogP contribution is 2.39. The topological polar surface area (TPSA) is 35.0 Å². The second-order valence-corrected chi connectivity index (χ2v) is 7.39. The number of benzene rings is 1. The van der Waals surface area contributed by atoms with E-state index < -0.39 is 0 Å². The molecule has 0 saturated carbocycles. The van der Waals surface area contributed by atoms with Crippen LogP contribution in [0.1, 0.15) is 16.9 Å². The lowest BCUT2D eigenvalue weighted by Crippen LogP contribution is -2.00. The van der Waals surface area contributed by atoms with Crippen molar-refractivity contribution in [2.24, 2.45) is 0 Å². The predicted molar refractivity (Wildman–Crippen MR) is 92.1 cm³/mol. The summed E-state index contributed by atoms with van der Waals surface area (Å²) in [6.45, 7) is 0.687. The Labute approximate surface area is 137 Å². The summed E-state index contributed by atoms with van der Waals surface area (Å²) in [6.07, 6.45) is 5.34. The lowest BCUT2D eigenvalue weighted by Gasteiger charge is -2.06. The predicted octanol–water partition coefficient (Wildman–Crippen LogP) is 4.35. The molecular formula is C17H16N2OS2. The van der Waals surface area contributed by atoms with Gasteiger partial charge < -0.3 is 4.74 Å². The minimum atomic E-state index is 0.687. The number of aryl methyl sites for hydroxylation is 2. The molecule has 0 aliphatic heterocycles. The summed E-state index contributed by atoms with van der Waals surface area (Å²) in [4.78, 5) is 11.6. The number of aromatic nitrogens is 2. The number of ether oxygens (including phenoxy) is 1. The quantitative estimate of drug-likeness (QED) is 0.396. The number of hydrogen-bond donors (Lipinski definition) is 0. The second kappa shape index (κ2) is 6.26. The lowest BCUT2D eigenvalue weighted by molar-refractivity contribution is 0.344. The highest BCUT2D eigenvalue weighted by Gasteiger charge is 2.21. The largest absolute Gasteiger partial charge is 0.493 e. The highest BCUT2D eigenvalue weighted by atomic mass is 32.2. The maximum Gasteiger partial charge on any atom is 0.128 e. The van der Waals surface area contributed by atoms with E-state index in [1.807, 2.05) is 41.7 Å². The fourth-order valence-corrected chi connectivity index (χ4v) is 4.96. The maximum atomic E-state index is 5.75. The molecule has 0 radical (unpaired) electrons. The maximum absolute atomic E-state index is 5.75. The summed E-state index contributed by atoms with van der Waals surface area (Å²) < 4.78 is 5.75. The number of hydrogen-bond acceptors (Lipinski definition) is 5. The Kier molecular flexibility index (Phi) is 3.99. The molecule has 2 heterocycles. The zero-order valence-corrected chi connectivity index (χ0v) is 13.8. The van der Waals surface area contributed by atoms with Crippen molar-refractivity contribution in [1.82, 2.24) is 9.97 Å². The molecule has 22 heavy (non-hydrogen) atoms. The van der Waals surface area contributed by atoms with Gasteiger partial charge in [0, 0.05) is 16.0 Å². The van der Waals surface area contributed by atoms with Gasteiger partial charge in [-0.15, -0.1) is 23.1 Å². The minimum absolute atomic E-state index is 0.687. The molecule has 112 valence electrons. The summed E-state index contributed by atoms with van der Waals surface area (Å²) in [6, 6.07) is 9.95. The van der Waals surface area contributed by atoms with Crippen LogP contribution in [0.5, 0.6) is 5.75 Å². The van der Waals surface area contributed by atoms with Gasteiger partial charge in [-0.2, -0.15) is 0 Å². The average Bonchev–Trinajstić information content (AvgIpc) is 3.13. The molecule has 0 spiro atoms. The van der Waals surface area contributed by atoms with E-state index in [1.54, 1.807) is 18.1 Å². The molecule has 0 unspecified atom stereocenters. The van der Waals surface area contributed by atoms with Crippen molar-refractivity contribution in [3.05, 3.63) is 47.1 Å². The first-order chi connectivity index (χ1) is 10.9. The summed E-state index contributed by atoms with van der Waals surface area (Å²) >= 11 is 3.61. The van der Waals surface area contributed by atoms with E-state index in [1.165, 1.54) is 35.1 Å². The number of thiophene rings is 1. The molecule has 2 aromatic heterocycles. The Morgan fingerprint density at radius 2 is 2.05 bits per heavy atom. The second-order valence-electron chi connectivity index (χ2n) is 5.23. The van der Waals surface area contributed by atoms with Gasteiger partial charge in [-0.3, -0.25) is 0 Å². The molecule has 1 aromatic carbocycles. The van der Waals surface area contributed by atoms with Crippen LogP contribution in [-0.4, -0.2) is 22.3 Å². The number of thioether (sulfide) groups is 1. The Morgan fingerprint density at radius 1 is 1.14 bits per heavy atom. The summed E-state index contributed by atoms with van der Waals surface area (Å²) in [5, 5.41) is 2.41. The van der Waals surface area contributed by atoms with Gasteiger partial charge in [-0.25, -0.2) is 9.97 Å². The standard InChI is InChI=1S/C17H16N2OS2/c1-2-5-12(6-3-1)20-9-10-21-16-15-13-7-4-8-14(13)22-17(15)19-11-18-16/h1-3,5-6,11H,4,7-10H2. The minimum Gasteiger partial charge on any atom is -0.493 e. The Balaban J connectivity index is 1.46. The van der Waals surface area contributed by atoms with E-state index in [9.17, 15) is 0 Å². The van der Waals surface area contributed by atoms with E-state index in [2.05, 4.69) is 9.97 Å². The summed E-state index contributed by atoms with van der Waals surface area (Å²) in [5.41, 5.74) is 1.49. The fraction of sp³-hybridized carbons (Fsp3) is 0.294. The molecule has 0 saturated heterocycles. The van der Waals surface area contributed by atoms with Crippen LogP contribution >= 0.6 is 23.1 Å². The fourth-order valence-electron chi connectivity index (χ4n) is 2.82. The molecule has 0 amide bonds. The molecule has 0 bridgehead atoms. The van der Waals surface area contributed by atoms with E-state index >= 15 is 0 Å². The van der Waals surface area contributed by atoms with Crippen LogP contribution in [0.2, 0.25) is 0 Å². The molecule has 0 N–H and O–H groups in total. The van der Waals surface area contributed by atoms with Gasteiger partial charge in [0.1, 0.15) is 21.9 Å². The van der Waals surface area contributed by atoms with Gasteiger partial charge >= 0.3 is 0 Å². The van der Waals surface area contributed by atoms with E-state index in [-0.39, 0.29) is 0 Å². The van der Waals surface area contributed by atoms with Crippen molar-refractivity contribution >= 4 is 33.3 Å². The van der Waals surface area contributed by atoms with Crippen LogP contribution in [0, 0.1) is 0 Å². The van der Waals surface area contributed by atoms with Crippen molar-refractivity contribution < 1.29 is 4.74 Å². The molecule has 1 aliphatic carbocycles. The first kappa shape index (κ1) is 14.0. The Hall–Kier alpha value is -1.59. The van der Waals surface area contributed by atoms with E-state index in [0.29, 0.717) is 6.61 Å². The molecule has 1 aliphatic rings.